The lowest BCUT2D eigenvalue weighted by Gasteiger charge is -2.34. The molecule has 9 nitrogen and oxygen atoms in total. The monoisotopic (exact) mass is 449 g/mol. The van der Waals surface area contributed by atoms with E-state index in [1.807, 2.05) is 59.5 Å². The van der Waals surface area contributed by atoms with Crippen molar-refractivity contribution in [2.24, 2.45) is 0 Å². The van der Waals surface area contributed by atoms with E-state index in [4.69, 9.17) is 10.7 Å². The maximum absolute atomic E-state index is 12.8. The van der Waals surface area contributed by atoms with Crippen molar-refractivity contribution in [2.75, 3.05) is 36.8 Å². The van der Waals surface area contributed by atoms with Gasteiger partial charge in [-0.15, -0.1) is 0 Å². The Kier molecular flexibility index (Phi) is 5.24. The van der Waals surface area contributed by atoms with Gasteiger partial charge in [-0.2, -0.15) is 4.31 Å². The lowest BCUT2D eigenvalue weighted by atomic mass is 10.2. The van der Waals surface area contributed by atoms with Gasteiger partial charge in [-0.3, -0.25) is 0 Å². The van der Waals surface area contributed by atoms with Crippen molar-refractivity contribution >= 4 is 32.7 Å². The highest BCUT2D eigenvalue weighted by atomic mass is 32.2. The van der Waals surface area contributed by atoms with E-state index < -0.39 is 10.0 Å². The van der Waals surface area contributed by atoms with Gasteiger partial charge in [0.2, 0.25) is 10.0 Å². The molecule has 0 unspecified atom stereocenters. The number of sulfonamides is 1. The highest BCUT2D eigenvalue weighted by molar-refractivity contribution is 7.88. The lowest BCUT2D eigenvalue weighted by Crippen LogP contribution is -2.49. The Balaban J connectivity index is 1.32. The number of aromatic amines is 1. The summed E-state index contributed by atoms with van der Waals surface area (Å²) >= 11 is 0. The highest BCUT2D eigenvalue weighted by Crippen LogP contribution is 2.26. The number of H-pyrrole nitrogens is 1. The number of piperazine rings is 1. The molecular formula is C22H23N7O2S. The number of anilines is 2. The first-order valence-electron chi connectivity index (χ1n) is 10.3. The van der Waals surface area contributed by atoms with Gasteiger partial charge >= 0.3 is 0 Å². The third kappa shape index (κ3) is 4.02. The summed E-state index contributed by atoms with van der Waals surface area (Å²) in [5, 5.41) is 0. The first-order valence-corrected chi connectivity index (χ1v) is 11.9. The van der Waals surface area contributed by atoms with E-state index >= 15 is 0 Å². The van der Waals surface area contributed by atoms with Gasteiger partial charge in [-0.05, 0) is 17.7 Å². The molecule has 0 amide bonds. The summed E-state index contributed by atoms with van der Waals surface area (Å²) in [6.07, 6.45) is 1.62. The molecule has 3 N–H and O–H groups in total. The molecule has 0 radical (unpaired) electrons. The second kappa shape index (κ2) is 8.21. The van der Waals surface area contributed by atoms with Crippen LogP contribution in [-0.4, -0.2) is 58.8 Å². The molecule has 0 atom stereocenters. The van der Waals surface area contributed by atoms with Crippen LogP contribution in [-0.2, 0) is 15.8 Å². The molecule has 0 bridgehead atoms. The Morgan fingerprint density at radius 2 is 1.66 bits per heavy atom. The zero-order valence-electron chi connectivity index (χ0n) is 17.3. The number of fused-ring (bicyclic) bond motifs is 1. The zero-order chi connectivity index (χ0) is 22.1. The summed E-state index contributed by atoms with van der Waals surface area (Å²) < 4.78 is 27.2. The van der Waals surface area contributed by atoms with E-state index in [1.165, 1.54) is 0 Å². The lowest BCUT2D eigenvalue weighted by molar-refractivity contribution is 0.383. The molecular weight excluding hydrogens is 426 g/mol. The second-order valence-corrected chi connectivity index (χ2v) is 9.66. The Bertz CT molecular complexity index is 1310. The number of nitrogen functional groups attached to an aromatic ring is 1. The van der Waals surface area contributed by atoms with Crippen LogP contribution < -0.4 is 10.6 Å². The van der Waals surface area contributed by atoms with Crippen molar-refractivity contribution in [1.29, 1.82) is 0 Å². The van der Waals surface area contributed by atoms with Gasteiger partial charge in [0.1, 0.15) is 5.82 Å². The van der Waals surface area contributed by atoms with Gasteiger partial charge in [-0.1, -0.05) is 42.5 Å². The van der Waals surface area contributed by atoms with Crippen molar-refractivity contribution in [1.82, 2.24) is 24.2 Å². The Hall–Kier alpha value is -3.50. The van der Waals surface area contributed by atoms with E-state index in [1.54, 1.807) is 10.5 Å². The molecule has 3 heterocycles. The molecule has 32 heavy (non-hydrogen) atoms. The molecule has 0 spiro atoms. The third-order valence-electron chi connectivity index (χ3n) is 5.55. The van der Waals surface area contributed by atoms with Crippen LogP contribution in [0.3, 0.4) is 0 Å². The quantitative estimate of drug-likeness (QED) is 0.479. The molecule has 0 saturated carbocycles. The highest BCUT2D eigenvalue weighted by Gasteiger charge is 2.28. The standard InChI is InChI=1S/C22H23N7O2S/c23-21-20(22-25-17-8-4-5-9-18(17)26-22)27-19(14-24-21)28-10-12-29(13-11-28)32(30,31)15-16-6-2-1-3-7-16/h1-9,14H,10-13,15H2,(H2,23,24)(H,25,26). The number of aromatic nitrogens is 4. The maximum atomic E-state index is 12.8. The molecule has 1 fully saturated rings. The summed E-state index contributed by atoms with van der Waals surface area (Å²) in [6, 6.07) is 16.9. The molecule has 4 aromatic rings. The van der Waals surface area contributed by atoms with Gasteiger partial charge in [-0.25, -0.2) is 23.4 Å². The normalized spacial score (nSPS) is 15.3. The van der Waals surface area contributed by atoms with E-state index in [-0.39, 0.29) is 11.6 Å². The number of nitrogens with zero attached hydrogens (tertiary/aromatic N) is 5. The van der Waals surface area contributed by atoms with Crippen LogP contribution in [0.4, 0.5) is 11.6 Å². The second-order valence-electron chi connectivity index (χ2n) is 7.69. The molecule has 0 aliphatic carbocycles. The number of nitrogens with one attached hydrogen (secondary N) is 1. The first kappa shape index (κ1) is 20.4. The molecule has 2 aromatic carbocycles. The number of benzene rings is 2. The average Bonchev–Trinajstić information content (AvgIpc) is 3.24. The largest absolute Gasteiger partial charge is 0.382 e. The Morgan fingerprint density at radius 3 is 2.41 bits per heavy atom. The smallest absolute Gasteiger partial charge is 0.218 e. The van der Waals surface area contributed by atoms with Crippen molar-refractivity contribution < 1.29 is 8.42 Å². The molecule has 2 aromatic heterocycles. The van der Waals surface area contributed by atoms with E-state index in [9.17, 15) is 8.42 Å². The number of para-hydroxylation sites is 2. The van der Waals surface area contributed by atoms with Crippen LogP contribution in [0.15, 0.2) is 60.8 Å². The minimum atomic E-state index is -3.38. The van der Waals surface area contributed by atoms with Crippen LogP contribution >= 0.6 is 0 Å². The Morgan fingerprint density at radius 1 is 0.938 bits per heavy atom. The summed E-state index contributed by atoms with van der Waals surface area (Å²) in [5.41, 5.74) is 9.08. The van der Waals surface area contributed by atoms with Crippen LogP contribution in [0.5, 0.6) is 0 Å². The van der Waals surface area contributed by atoms with E-state index in [0.717, 1.165) is 16.6 Å². The first-order chi connectivity index (χ1) is 15.5. The fourth-order valence-electron chi connectivity index (χ4n) is 3.85. The van der Waals surface area contributed by atoms with Crippen molar-refractivity contribution in [3.05, 3.63) is 66.4 Å². The number of hydrogen-bond acceptors (Lipinski definition) is 7. The van der Waals surface area contributed by atoms with Crippen molar-refractivity contribution in [3.8, 4) is 11.5 Å². The summed E-state index contributed by atoms with van der Waals surface area (Å²) in [4.78, 5) is 18.8. The molecule has 1 aliphatic heterocycles. The predicted molar refractivity (Wildman–Crippen MR) is 124 cm³/mol. The number of hydrogen-bond donors (Lipinski definition) is 2. The summed E-state index contributed by atoms with van der Waals surface area (Å²) in [6.45, 7) is 1.82. The topological polar surface area (TPSA) is 121 Å². The fourth-order valence-corrected chi connectivity index (χ4v) is 5.37. The van der Waals surface area contributed by atoms with E-state index in [2.05, 4.69) is 15.0 Å². The minimum Gasteiger partial charge on any atom is -0.382 e. The van der Waals surface area contributed by atoms with Gasteiger partial charge in [0.25, 0.3) is 0 Å². The zero-order valence-corrected chi connectivity index (χ0v) is 18.2. The van der Waals surface area contributed by atoms with Crippen LogP contribution in [0.1, 0.15) is 5.56 Å². The molecule has 1 saturated heterocycles. The van der Waals surface area contributed by atoms with Gasteiger partial charge < -0.3 is 15.6 Å². The number of imidazole rings is 1. The molecule has 5 rings (SSSR count). The van der Waals surface area contributed by atoms with E-state index in [0.29, 0.717) is 43.5 Å². The number of nitrogens with two attached hydrogens (primary N) is 1. The van der Waals surface area contributed by atoms with Crippen LogP contribution in [0.25, 0.3) is 22.6 Å². The molecule has 164 valence electrons. The van der Waals surface area contributed by atoms with Crippen molar-refractivity contribution in [2.45, 2.75) is 5.75 Å². The summed E-state index contributed by atoms with van der Waals surface area (Å²) in [7, 11) is -3.38. The van der Waals surface area contributed by atoms with Gasteiger partial charge in [0.05, 0.1) is 23.0 Å². The third-order valence-corrected chi connectivity index (χ3v) is 7.40. The van der Waals surface area contributed by atoms with Gasteiger partial charge in [0, 0.05) is 26.2 Å². The van der Waals surface area contributed by atoms with Crippen LogP contribution in [0, 0.1) is 0 Å². The summed E-state index contributed by atoms with van der Waals surface area (Å²) in [5.74, 6) is 1.50. The maximum Gasteiger partial charge on any atom is 0.218 e. The van der Waals surface area contributed by atoms with Crippen LogP contribution in [0.2, 0.25) is 0 Å². The average molecular weight is 450 g/mol. The predicted octanol–water partition coefficient (Wildman–Crippen LogP) is 2.25. The fraction of sp³-hybridized carbons (Fsp3) is 0.227. The minimum absolute atomic E-state index is 0.00567. The molecule has 10 heteroatoms. The van der Waals surface area contributed by atoms with Gasteiger partial charge in [0.15, 0.2) is 17.3 Å². The molecule has 1 aliphatic rings. The number of rotatable bonds is 5. The van der Waals surface area contributed by atoms with Crippen molar-refractivity contribution in [3.63, 3.8) is 0 Å². The SMILES string of the molecule is Nc1ncc(N2CCN(S(=O)(=O)Cc3ccccc3)CC2)nc1-c1nc2ccccc2[nH]1. The Labute approximate surface area is 186 Å².